The van der Waals surface area contributed by atoms with E-state index >= 15 is 0 Å². The third kappa shape index (κ3) is 2.59. The zero-order chi connectivity index (χ0) is 15.1. The minimum atomic E-state index is 0.417. The summed E-state index contributed by atoms with van der Waals surface area (Å²) in [7, 11) is 0. The first-order valence-corrected chi connectivity index (χ1v) is 8.28. The lowest BCUT2D eigenvalue weighted by atomic mass is 10.3. The second-order valence-electron chi connectivity index (χ2n) is 4.29. The Bertz CT molecular complexity index is 824. The van der Waals surface area contributed by atoms with Crippen LogP contribution in [0.25, 0.3) is 16.7 Å². The quantitative estimate of drug-likeness (QED) is 0.616. The molecule has 0 saturated carbocycles. The molecule has 0 bridgehead atoms. The fourth-order valence-corrected chi connectivity index (χ4v) is 3.51. The van der Waals surface area contributed by atoms with E-state index < -0.39 is 0 Å². The highest BCUT2D eigenvalue weighted by Crippen LogP contribution is 2.35. The summed E-state index contributed by atoms with van der Waals surface area (Å²) in [6, 6.07) is 3.26. The van der Waals surface area contributed by atoms with Crippen LogP contribution in [0.4, 0.5) is 0 Å². The Morgan fingerprint density at radius 3 is 2.43 bits per heavy atom. The van der Waals surface area contributed by atoms with E-state index in [-0.39, 0.29) is 0 Å². The molecule has 0 unspecified atom stereocenters. The average Bonchev–Trinajstić information content (AvgIpc) is 2.75. The summed E-state index contributed by atoms with van der Waals surface area (Å²) in [6.07, 6.45) is 3.70. The molecule has 4 nitrogen and oxygen atoms in total. The molecule has 2 aromatic heterocycles. The largest absolute Gasteiger partial charge is 0.241 e. The molecule has 2 heterocycles. The number of rotatable bonds is 2. The second kappa shape index (κ2) is 5.65. The minimum Gasteiger partial charge on any atom is -0.241 e. The molecule has 0 aliphatic rings. The first kappa shape index (κ1) is 14.9. The highest BCUT2D eigenvalue weighted by Gasteiger charge is 2.18. The Morgan fingerprint density at radius 2 is 1.81 bits per heavy atom. The van der Waals surface area contributed by atoms with Crippen molar-refractivity contribution in [1.29, 1.82) is 0 Å². The fourth-order valence-electron chi connectivity index (χ4n) is 2.01. The van der Waals surface area contributed by atoms with Crippen molar-refractivity contribution in [2.24, 2.45) is 0 Å². The number of thioether (sulfide) groups is 1. The molecule has 0 spiro atoms. The third-order valence-corrected chi connectivity index (χ3v) is 4.38. The van der Waals surface area contributed by atoms with Gasteiger partial charge in [0.15, 0.2) is 5.65 Å². The molecule has 108 valence electrons. The number of halogens is 3. The summed E-state index contributed by atoms with van der Waals surface area (Å²) in [5.74, 6) is 0.650. The van der Waals surface area contributed by atoms with E-state index in [1.807, 2.05) is 13.2 Å². The molecular formula is C13H9Cl3N4S. The molecule has 0 atom stereocenters. The van der Waals surface area contributed by atoms with E-state index in [0.29, 0.717) is 32.2 Å². The average molecular weight is 360 g/mol. The summed E-state index contributed by atoms with van der Waals surface area (Å²) in [5.41, 5.74) is 1.23. The van der Waals surface area contributed by atoms with Crippen molar-refractivity contribution in [3.05, 3.63) is 39.2 Å². The van der Waals surface area contributed by atoms with Gasteiger partial charge in [0, 0.05) is 11.2 Å². The molecular weight excluding hydrogens is 351 g/mol. The monoisotopic (exact) mass is 358 g/mol. The van der Waals surface area contributed by atoms with Gasteiger partial charge in [-0.3, -0.25) is 0 Å². The first-order chi connectivity index (χ1) is 10.0. The van der Waals surface area contributed by atoms with Gasteiger partial charge in [0.05, 0.1) is 15.4 Å². The Balaban J connectivity index is 2.38. The van der Waals surface area contributed by atoms with Gasteiger partial charge >= 0.3 is 0 Å². The van der Waals surface area contributed by atoms with Crippen molar-refractivity contribution in [3.8, 4) is 5.69 Å². The number of fused-ring (bicyclic) bond motifs is 1. The van der Waals surface area contributed by atoms with Crippen molar-refractivity contribution < 1.29 is 0 Å². The standard InChI is InChI=1S/C13H9Cl3N4S/c1-6-17-5-8-12(18-6)20(19-13(8)21-2)11-9(15)3-7(14)4-10(11)16/h3-5H,1-2H3. The smallest absolute Gasteiger partial charge is 0.167 e. The number of aromatic nitrogens is 4. The van der Waals surface area contributed by atoms with Crippen LogP contribution in [0.5, 0.6) is 0 Å². The lowest BCUT2D eigenvalue weighted by Crippen LogP contribution is -2.01. The predicted octanol–water partition coefficient (Wildman–Crippen LogP) is 4.81. The van der Waals surface area contributed by atoms with Crippen LogP contribution in [0.15, 0.2) is 23.4 Å². The van der Waals surface area contributed by atoms with Gasteiger partial charge in [0.2, 0.25) is 0 Å². The van der Waals surface area contributed by atoms with Gasteiger partial charge in [0.1, 0.15) is 16.5 Å². The summed E-state index contributed by atoms with van der Waals surface area (Å²) in [6.45, 7) is 1.82. The highest BCUT2D eigenvalue weighted by atomic mass is 35.5. The molecule has 3 aromatic rings. The Kier molecular flexibility index (Phi) is 4.01. The van der Waals surface area contributed by atoms with Crippen LogP contribution in [-0.2, 0) is 0 Å². The minimum absolute atomic E-state index is 0.417. The zero-order valence-corrected chi connectivity index (χ0v) is 14.1. The summed E-state index contributed by atoms with van der Waals surface area (Å²) in [5, 5.41) is 7.51. The SMILES string of the molecule is CSc1nn(-c2c(Cl)cc(Cl)cc2Cl)c2nc(C)ncc12. The topological polar surface area (TPSA) is 43.6 Å². The Morgan fingerprint density at radius 1 is 1.14 bits per heavy atom. The van der Waals surface area contributed by atoms with Gasteiger partial charge in [-0.2, -0.15) is 5.10 Å². The van der Waals surface area contributed by atoms with Crippen LogP contribution in [0, 0.1) is 6.92 Å². The molecule has 0 fully saturated rings. The summed E-state index contributed by atoms with van der Waals surface area (Å²) >= 11 is 20.0. The van der Waals surface area contributed by atoms with E-state index in [4.69, 9.17) is 34.8 Å². The fraction of sp³-hybridized carbons (Fsp3) is 0.154. The van der Waals surface area contributed by atoms with Crippen molar-refractivity contribution >= 4 is 57.6 Å². The van der Waals surface area contributed by atoms with Crippen molar-refractivity contribution in [2.75, 3.05) is 6.26 Å². The van der Waals surface area contributed by atoms with E-state index in [0.717, 1.165) is 10.4 Å². The molecule has 21 heavy (non-hydrogen) atoms. The van der Waals surface area contributed by atoms with E-state index in [2.05, 4.69) is 15.1 Å². The molecule has 1 aromatic carbocycles. The summed E-state index contributed by atoms with van der Waals surface area (Å²) in [4.78, 5) is 8.67. The molecule has 0 N–H and O–H groups in total. The van der Waals surface area contributed by atoms with E-state index in [1.54, 1.807) is 23.0 Å². The number of hydrogen-bond acceptors (Lipinski definition) is 4. The molecule has 0 aliphatic carbocycles. The van der Waals surface area contributed by atoms with Crippen LogP contribution >= 0.6 is 46.6 Å². The molecule has 0 saturated heterocycles. The lowest BCUT2D eigenvalue weighted by Gasteiger charge is -2.08. The summed E-state index contributed by atoms with van der Waals surface area (Å²) < 4.78 is 1.64. The van der Waals surface area contributed by atoms with Crippen molar-refractivity contribution in [2.45, 2.75) is 11.9 Å². The maximum Gasteiger partial charge on any atom is 0.167 e. The van der Waals surface area contributed by atoms with Crippen LogP contribution < -0.4 is 0 Å². The Hall–Kier alpha value is -1.01. The number of benzene rings is 1. The lowest BCUT2D eigenvalue weighted by molar-refractivity contribution is 0.849. The Labute approximate surface area is 140 Å². The number of aryl methyl sites for hydroxylation is 1. The van der Waals surface area contributed by atoms with Crippen molar-refractivity contribution in [3.63, 3.8) is 0 Å². The zero-order valence-electron chi connectivity index (χ0n) is 11.1. The molecule has 0 amide bonds. The normalized spacial score (nSPS) is 11.3. The molecule has 3 rings (SSSR count). The van der Waals surface area contributed by atoms with Crippen LogP contribution in [0.2, 0.25) is 15.1 Å². The predicted molar refractivity (Wildman–Crippen MR) is 88.2 cm³/mol. The van der Waals surface area contributed by atoms with Gasteiger partial charge in [-0.1, -0.05) is 34.8 Å². The van der Waals surface area contributed by atoms with Crippen LogP contribution in [0.3, 0.4) is 0 Å². The highest BCUT2D eigenvalue weighted by molar-refractivity contribution is 7.98. The second-order valence-corrected chi connectivity index (χ2v) is 6.34. The number of hydrogen-bond donors (Lipinski definition) is 0. The van der Waals surface area contributed by atoms with Gasteiger partial charge < -0.3 is 0 Å². The van der Waals surface area contributed by atoms with Gasteiger partial charge in [-0.15, -0.1) is 11.8 Å². The maximum atomic E-state index is 6.28. The maximum absolute atomic E-state index is 6.28. The van der Waals surface area contributed by atoms with Crippen molar-refractivity contribution in [1.82, 2.24) is 19.7 Å². The van der Waals surface area contributed by atoms with Gasteiger partial charge in [0.25, 0.3) is 0 Å². The van der Waals surface area contributed by atoms with E-state index in [1.165, 1.54) is 11.8 Å². The molecule has 0 radical (unpaired) electrons. The van der Waals surface area contributed by atoms with Gasteiger partial charge in [-0.25, -0.2) is 14.6 Å². The molecule has 0 aliphatic heterocycles. The molecule has 8 heteroatoms. The van der Waals surface area contributed by atoms with Crippen LogP contribution in [0.1, 0.15) is 5.82 Å². The van der Waals surface area contributed by atoms with Crippen LogP contribution in [-0.4, -0.2) is 26.0 Å². The first-order valence-electron chi connectivity index (χ1n) is 5.92. The van der Waals surface area contributed by atoms with E-state index in [9.17, 15) is 0 Å². The third-order valence-electron chi connectivity index (χ3n) is 2.90. The number of nitrogens with zero attached hydrogens (tertiary/aromatic N) is 4. The van der Waals surface area contributed by atoms with Gasteiger partial charge in [-0.05, 0) is 25.3 Å².